The Hall–Kier alpha value is -0.823. The Morgan fingerprint density at radius 1 is 1.12 bits per heavy atom. The van der Waals surface area contributed by atoms with E-state index in [0.29, 0.717) is 19.7 Å². The average Bonchev–Trinajstić information content (AvgIpc) is 2.46. The summed E-state index contributed by atoms with van der Waals surface area (Å²) in [5.41, 5.74) is 6.21. The number of hydrogen-bond donors (Lipinski definition) is 1. The molecule has 1 aromatic rings. The number of benzene rings is 1. The fraction of sp³-hybridized carbons (Fsp3) is 0.667. The summed E-state index contributed by atoms with van der Waals surface area (Å²) >= 11 is 0. The molecule has 0 aromatic heterocycles. The normalized spacial score (nSPS) is 13.5. The molecule has 0 saturated heterocycles. The molecule has 0 radical (unpaired) electrons. The van der Waals surface area contributed by atoms with Crippen LogP contribution in [0.2, 0.25) is 18.1 Å². The first-order valence-electron chi connectivity index (χ1n) is 8.45. The van der Waals surface area contributed by atoms with Gasteiger partial charge in [-0.1, -0.05) is 51.1 Å². The smallest absolute Gasteiger partial charge is 0.272 e. The minimum Gasteiger partial charge on any atom is -0.416 e. The van der Waals surface area contributed by atoms with Crippen molar-refractivity contribution in [3.8, 4) is 0 Å². The zero-order valence-electron chi connectivity index (χ0n) is 15.6. The second-order valence-electron chi connectivity index (χ2n) is 7.87. The van der Waals surface area contributed by atoms with Crippen molar-refractivity contribution in [2.24, 2.45) is 5.73 Å². The van der Waals surface area contributed by atoms with Gasteiger partial charge in [0.25, 0.3) is 5.92 Å². The summed E-state index contributed by atoms with van der Waals surface area (Å²) < 4.78 is 33.6. The third-order valence-corrected chi connectivity index (χ3v) is 9.22. The molecule has 1 aromatic carbocycles. The van der Waals surface area contributed by atoms with Crippen molar-refractivity contribution < 1.29 is 13.2 Å². The fourth-order valence-corrected chi connectivity index (χ4v) is 3.13. The Kier molecular flexibility index (Phi) is 7.53. The molecule has 0 bridgehead atoms. The lowest BCUT2D eigenvalue weighted by Crippen LogP contribution is -2.45. The molecule has 6 heteroatoms. The summed E-state index contributed by atoms with van der Waals surface area (Å²) in [5, 5.41) is 0.110. The van der Waals surface area contributed by atoms with Gasteiger partial charge in [-0.15, -0.1) is 0 Å². The predicted octanol–water partition coefficient (Wildman–Crippen LogP) is 4.10. The molecule has 0 unspecified atom stereocenters. The molecule has 2 N–H and O–H groups in total. The molecule has 0 fully saturated rings. The third kappa shape index (κ3) is 6.97. The van der Waals surface area contributed by atoms with Crippen molar-refractivity contribution >= 4 is 8.32 Å². The van der Waals surface area contributed by atoms with Gasteiger partial charge in [-0.2, -0.15) is 0 Å². The van der Waals surface area contributed by atoms with E-state index in [1.165, 1.54) is 0 Å². The maximum atomic E-state index is 13.8. The van der Waals surface area contributed by atoms with Crippen LogP contribution in [-0.2, 0) is 11.0 Å². The van der Waals surface area contributed by atoms with E-state index in [2.05, 4.69) is 33.9 Å². The van der Waals surface area contributed by atoms with Crippen LogP contribution in [0.25, 0.3) is 0 Å². The molecule has 0 spiro atoms. The van der Waals surface area contributed by atoms with E-state index in [4.69, 9.17) is 10.2 Å². The van der Waals surface area contributed by atoms with Crippen LogP contribution in [0.5, 0.6) is 0 Å². The van der Waals surface area contributed by atoms with E-state index in [1.54, 1.807) is 4.90 Å². The number of hydrogen-bond acceptors (Lipinski definition) is 3. The number of nitrogens with two attached hydrogens (primary N) is 1. The Labute approximate surface area is 146 Å². The van der Waals surface area contributed by atoms with Gasteiger partial charge in [-0.05, 0) is 23.7 Å². The van der Waals surface area contributed by atoms with Crippen LogP contribution in [0.4, 0.5) is 8.78 Å². The summed E-state index contributed by atoms with van der Waals surface area (Å²) in [6.45, 7) is 11.3. The van der Waals surface area contributed by atoms with Gasteiger partial charge in [-0.25, -0.2) is 8.78 Å². The Bertz CT molecular complexity index is 490. The fourth-order valence-electron chi connectivity index (χ4n) is 2.09. The van der Waals surface area contributed by atoms with Gasteiger partial charge in [-0.3, -0.25) is 4.90 Å². The zero-order valence-corrected chi connectivity index (χ0v) is 16.6. The Morgan fingerprint density at radius 3 is 2.21 bits per heavy atom. The van der Waals surface area contributed by atoms with E-state index in [1.807, 2.05) is 30.3 Å². The highest BCUT2D eigenvalue weighted by Gasteiger charge is 2.37. The maximum absolute atomic E-state index is 13.8. The highest BCUT2D eigenvalue weighted by atomic mass is 28.4. The maximum Gasteiger partial charge on any atom is 0.272 e. The van der Waals surface area contributed by atoms with Crippen molar-refractivity contribution in [3.63, 3.8) is 0 Å². The molecule has 1 rings (SSSR count). The molecule has 0 amide bonds. The monoisotopic (exact) mass is 358 g/mol. The topological polar surface area (TPSA) is 38.5 Å². The highest BCUT2D eigenvalue weighted by Crippen LogP contribution is 2.36. The lowest BCUT2D eigenvalue weighted by atomic mass is 10.2. The van der Waals surface area contributed by atoms with Crippen molar-refractivity contribution in [1.29, 1.82) is 0 Å². The van der Waals surface area contributed by atoms with Crippen LogP contribution in [0, 0.1) is 0 Å². The van der Waals surface area contributed by atoms with E-state index in [0.717, 1.165) is 5.56 Å². The highest BCUT2D eigenvalue weighted by molar-refractivity contribution is 6.74. The Balaban J connectivity index is 2.68. The van der Waals surface area contributed by atoms with Gasteiger partial charge in [0.05, 0.1) is 13.1 Å². The molecule has 0 saturated carbocycles. The largest absolute Gasteiger partial charge is 0.416 e. The van der Waals surface area contributed by atoms with Gasteiger partial charge in [0.2, 0.25) is 0 Å². The van der Waals surface area contributed by atoms with Crippen LogP contribution in [0.15, 0.2) is 30.3 Å². The van der Waals surface area contributed by atoms with Gasteiger partial charge in [0.1, 0.15) is 0 Å². The van der Waals surface area contributed by atoms with Crippen LogP contribution in [0.3, 0.4) is 0 Å². The van der Waals surface area contributed by atoms with Gasteiger partial charge in [0, 0.05) is 19.7 Å². The molecule has 3 nitrogen and oxygen atoms in total. The van der Waals surface area contributed by atoms with E-state index in [-0.39, 0.29) is 11.6 Å². The molecule has 0 atom stereocenters. The van der Waals surface area contributed by atoms with Crippen LogP contribution >= 0.6 is 0 Å². The minimum atomic E-state index is -2.88. The van der Waals surface area contributed by atoms with Crippen LogP contribution < -0.4 is 5.73 Å². The zero-order chi connectivity index (χ0) is 18.4. The first kappa shape index (κ1) is 21.2. The van der Waals surface area contributed by atoms with Crippen LogP contribution in [0.1, 0.15) is 26.3 Å². The van der Waals surface area contributed by atoms with Crippen LogP contribution in [-0.4, -0.2) is 45.4 Å². The third-order valence-electron chi connectivity index (χ3n) is 4.68. The lowest BCUT2D eigenvalue weighted by Gasteiger charge is -2.37. The van der Waals surface area contributed by atoms with E-state index < -0.39 is 20.8 Å². The SMILES string of the molecule is CC(C)(C)[Si](C)(C)OCCN(Cc1ccccc1)CC(F)(F)CN. The van der Waals surface area contributed by atoms with Crippen molar-refractivity contribution in [1.82, 2.24) is 4.90 Å². The molecular weight excluding hydrogens is 326 g/mol. The summed E-state index contributed by atoms with van der Waals surface area (Å²) in [6.07, 6.45) is 0. The number of nitrogens with zero attached hydrogens (tertiary/aromatic N) is 1. The minimum absolute atomic E-state index is 0.110. The predicted molar refractivity (Wildman–Crippen MR) is 98.9 cm³/mol. The Morgan fingerprint density at radius 2 is 1.71 bits per heavy atom. The van der Waals surface area contributed by atoms with Crippen molar-refractivity contribution in [3.05, 3.63) is 35.9 Å². The van der Waals surface area contributed by atoms with E-state index >= 15 is 0 Å². The number of alkyl halides is 2. The summed E-state index contributed by atoms with van der Waals surface area (Å²) in [5.74, 6) is -2.88. The molecule has 0 aliphatic carbocycles. The summed E-state index contributed by atoms with van der Waals surface area (Å²) in [6, 6.07) is 9.65. The summed E-state index contributed by atoms with van der Waals surface area (Å²) in [4.78, 5) is 1.73. The number of halogens is 2. The molecule has 0 heterocycles. The van der Waals surface area contributed by atoms with Crippen molar-refractivity contribution in [2.45, 2.75) is 51.4 Å². The average molecular weight is 359 g/mol. The van der Waals surface area contributed by atoms with E-state index in [9.17, 15) is 8.78 Å². The quantitative estimate of drug-likeness (QED) is 0.675. The summed E-state index contributed by atoms with van der Waals surface area (Å²) in [7, 11) is -1.87. The molecule has 138 valence electrons. The first-order valence-corrected chi connectivity index (χ1v) is 11.4. The second kappa shape index (κ2) is 8.51. The number of rotatable bonds is 9. The molecule has 0 aliphatic rings. The van der Waals surface area contributed by atoms with Gasteiger partial charge in [0.15, 0.2) is 8.32 Å². The molecule has 0 aliphatic heterocycles. The molecule has 24 heavy (non-hydrogen) atoms. The van der Waals surface area contributed by atoms with Gasteiger partial charge < -0.3 is 10.2 Å². The molecular formula is C18H32F2N2OSi. The second-order valence-corrected chi connectivity index (χ2v) is 12.7. The lowest BCUT2D eigenvalue weighted by molar-refractivity contribution is -0.0281. The van der Waals surface area contributed by atoms with Gasteiger partial charge >= 0.3 is 0 Å². The first-order chi connectivity index (χ1) is 11.0. The van der Waals surface area contributed by atoms with Crippen molar-refractivity contribution in [2.75, 3.05) is 26.2 Å². The standard InChI is InChI=1S/C18H32F2N2OSi/c1-17(2,3)24(4,5)23-12-11-22(15-18(19,20)14-21)13-16-9-7-6-8-10-16/h6-10H,11-15,21H2,1-5H3.